The molecular weight excluding hydrogens is 240 g/mol. The Morgan fingerprint density at radius 2 is 2.00 bits per heavy atom. The molecule has 0 radical (unpaired) electrons. The molecule has 0 unspecified atom stereocenters. The predicted molar refractivity (Wildman–Crippen MR) is 72.2 cm³/mol. The second kappa shape index (κ2) is 3.60. The van der Waals surface area contributed by atoms with E-state index in [9.17, 15) is 4.79 Å². The molecule has 1 fully saturated rings. The van der Waals surface area contributed by atoms with Gasteiger partial charge in [-0.1, -0.05) is 6.92 Å². The predicted octanol–water partition coefficient (Wildman–Crippen LogP) is 3.45. The smallest absolute Gasteiger partial charge is 0.171 e. The molecule has 19 heavy (non-hydrogen) atoms. The fraction of sp³-hybridized carbons (Fsp3) is 0.562. The minimum atomic E-state index is -0.728. The molecule has 0 aliphatic carbocycles. The molecule has 1 aromatic heterocycles. The number of hydrogen-bond acceptors (Lipinski definition) is 3. The van der Waals surface area contributed by atoms with Gasteiger partial charge >= 0.3 is 0 Å². The molecule has 1 saturated heterocycles. The van der Waals surface area contributed by atoms with Crippen molar-refractivity contribution in [1.82, 2.24) is 0 Å². The third-order valence-electron chi connectivity index (χ3n) is 4.70. The second-order valence-corrected chi connectivity index (χ2v) is 6.15. The van der Waals surface area contributed by atoms with Crippen LogP contribution in [0.15, 0.2) is 22.1 Å². The third kappa shape index (κ3) is 1.51. The van der Waals surface area contributed by atoms with E-state index in [2.05, 4.69) is 13.8 Å². The van der Waals surface area contributed by atoms with Gasteiger partial charge in [-0.05, 0) is 51.0 Å². The first kappa shape index (κ1) is 12.7. The van der Waals surface area contributed by atoms with Crippen molar-refractivity contribution in [3.63, 3.8) is 0 Å². The first-order valence-corrected chi connectivity index (χ1v) is 6.79. The highest BCUT2D eigenvalue weighted by molar-refractivity contribution is 5.94. The van der Waals surface area contributed by atoms with Crippen LogP contribution in [0.2, 0.25) is 0 Å². The van der Waals surface area contributed by atoms with Crippen LogP contribution in [-0.2, 0) is 9.53 Å². The molecule has 102 valence electrons. The average molecular weight is 260 g/mol. The maximum atomic E-state index is 12.1. The van der Waals surface area contributed by atoms with Crippen LogP contribution in [-0.4, -0.2) is 17.0 Å². The largest absolute Gasteiger partial charge is 0.466 e. The number of Topliss-reactive ketones (excluding diaryl/α,β-unsaturated/α-hetero) is 1. The van der Waals surface area contributed by atoms with Gasteiger partial charge in [-0.15, -0.1) is 0 Å². The number of fused-ring (bicyclic) bond motifs is 2. The molecule has 0 amide bonds. The zero-order chi connectivity index (χ0) is 14.0. The molecular formula is C16H20O3. The van der Waals surface area contributed by atoms with E-state index in [0.717, 1.165) is 22.7 Å². The van der Waals surface area contributed by atoms with Gasteiger partial charge in [0.05, 0.1) is 0 Å². The van der Waals surface area contributed by atoms with Crippen LogP contribution in [0.5, 0.6) is 0 Å². The van der Waals surface area contributed by atoms with Crippen LogP contribution >= 0.6 is 0 Å². The molecule has 0 aromatic carbocycles. The quantitative estimate of drug-likeness (QED) is 0.765. The summed E-state index contributed by atoms with van der Waals surface area (Å²) in [5, 5.41) is 0. The van der Waals surface area contributed by atoms with Crippen LogP contribution < -0.4 is 0 Å². The first-order valence-electron chi connectivity index (χ1n) is 6.79. The highest BCUT2D eigenvalue weighted by atomic mass is 16.5. The van der Waals surface area contributed by atoms with Crippen molar-refractivity contribution < 1.29 is 13.9 Å². The van der Waals surface area contributed by atoms with E-state index < -0.39 is 11.2 Å². The van der Waals surface area contributed by atoms with E-state index in [1.54, 1.807) is 0 Å². The number of ketones is 1. The molecule has 0 saturated carbocycles. The Balaban J connectivity index is 2.06. The number of carbonyl (C=O) groups is 1. The fourth-order valence-corrected chi connectivity index (χ4v) is 3.63. The van der Waals surface area contributed by atoms with E-state index in [4.69, 9.17) is 9.15 Å². The van der Waals surface area contributed by atoms with Crippen LogP contribution in [0.3, 0.4) is 0 Å². The number of furan rings is 1. The number of carbonyl (C=O) groups excluding carboxylic acids is 1. The monoisotopic (exact) mass is 260 g/mol. The summed E-state index contributed by atoms with van der Waals surface area (Å²) >= 11 is 0. The summed E-state index contributed by atoms with van der Waals surface area (Å²) in [6, 6.07) is 2.03. The summed E-state index contributed by atoms with van der Waals surface area (Å²) in [4.78, 5) is 12.1. The van der Waals surface area contributed by atoms with Gasteiger partial charge in [0.25, 0.3) is 0 Å². The Bertz CT molecular complexity index is 595. The van der Waals surface area contributed by atoms with Crippen molar-refractivity contribution in [3.8, 4) is 0 Å². The molecule has 3 atom stereocenters. The van der Waals surface area contributed by atoms with Crippen molar-refractivity contribution in [2.75, 3.05) is 0 Å². The Morgan fingerprint density at radius 3 is 2.47 bits per heavy atom. The summed E-state index contributed by atoms with van der Waals surface area (Å²) in [5.74, 6) is 2.06. The van der Waals surface area contributed by atoms with Crippen molar-refractivity contribution in [3.05, 3.63) is 34.8 Å². The van der Waals surface area contributed by atoms with Crippen molar-refractivity contribution in [2.45, 2.75) is 58.2 Å². The lowest BCUT2D eigenvalue weighted by Crippen LogP contribution is -2.34. The van der Waals surface area contributed by atoms with E-state index >= 15 is 0 Å². The summed E-state index contributed by atoms with van der Waals surface area (Å²) < 4.78 is 12.0. The molecule has 3 heterocycles. The number of ether oxygens (including phenoxy) is 1. The van der Waals surface area contributed by atoms with Crippen molar-refractivity contribution in [2.24, 2.45) is 0 Å². The first-order chi connectivity index (χ1) is 8.78. The van der Waals surface area contributed by atoms with E-state index in [0.29, 0.717) is 6.42 Å². The van der Waals surface area contributed by atoms with Crippen LogP contribution in [0.1, 0.15) is 50.2 Å². The number of rotatable bonds is 2. The highest BCUT2D eigenvalue weighted by Gasteiger charge is 2.61. The number of hydrogen-bond donors (Lipinski definition) is 0. The lowest BCUT2D eigenvalue weighted by Gasteiger charge is -2.32. The zero-order valence-electron chi connectivity index (χ0n) is 12.2. The molecule has 1 aromatic rings. The molecule has 0 spiro atoms. The van der Waals surface area contributed by atoms with Gasteiger partial charge in [0.15, 0.2) is 5.78 Å². The minimum Gasteiger partial charge on any atom is -0.466 e. The van der Waals surface area contributed by atoms with Gasteiger partial charge in [-0.25, -0.2) is 0 Å². The summed E-state index contributed by atoms with van der Waals surface area (Å²) in [5.41, 5.74) is 1.04. The molecule has 0 N–H and O–H groups in total. The fourth-order valence-electron chi connectivity index (χ4n) is 3.63. The summed E-state index contributed by atoms with van der Waals surface area (Å²) in [6.07, 6.45) is 2.42. The maximum absolute atomic E-state index is 12.1. The van der Waals surface area contributed by atoms with Gasteiger partial charge in [0.1, 0.15) is 22.7 Å². The van der Waals surface area contributed by atoms with Crippen molar-refractivity contribution in [1.29, 1.82) is 0 Å². The third-order valence-corrected chi connectivity index (χ3v) is 4.70. The normalized spacial score (nSPS) is 34.8. The standard InChI is InChI=1S/C16H20O3/c1-9-6-11(3)18-14(9)12(4)16-8-13(17)15(5,19-16)7-10(16)2/h6-7,12H,8H2,1-5H3/t12-,15-,16-/m0/s1. The van der Waals surface area contributed by atoms with Gasteiger partial charge in [-0.2, -0.15) is 0 Å². The van der Waals surface area contributed by atoms with Gasteiger partial charge < -0.3 is 9.15 Å². The van der Waals surface area contributed by atoms with Gasteiger partial charge in [-0.3, -0.25) is 4.79 Å². The van der Waals surface area contributed by atoms with Crippen LogP contribution in [0.25, 0.3) is 0 Å². The molecule has 3 heteroatoms. The summed E-state index contributed by atoms with van der Waals surface area (Å²) in [7, 11) is 0. The molecule has 2 bridgehead atoms. The Labute approximate surface area is 113 Å². The molecule has 3 rings (SSSR count). The topological polar surface area (TPSA) is 39.4 Å². The average Bonchev–Trinajstić information content (AvgIpc) is 2.86. The maximum Gasteiger partial charge on any atom is 0.171 e. The minimum absolute atomic E-state index is 0.0470. The lowest BCUT2D eigenvalue weighted by molar-refractivity contribution is -0.127. The second-order valence-electron chi connectivity index (χ2n) is 6.15. The Kier molecular flexibility index (Phi) is 2.40. The van der Waals surface area contributed by atoms with Gasteiger partial charge in [0.2, 0.25) is 0 Å². The van der Waals surface area contributed by atoms with E-state index in [-0.39, 0.29) is 11.7 Å². The molecule has 2 aliphatic rings. The van der Waals surface area contributed by atoms with E-state index in [1.165, 1.54) is 0 Å². The van der Waals surface area contributed by atoms with Gasteiger partial charge in [0, 0.05) is 12.3 Å². The summed E-state index contributed by atoms with van der Waals surface area (Å²) in [6.45, 7) is 10.00. The Morgan fingerprint density at radius 1 is 1.32 bits per heavy atom. The van der Waals surface area contributed by atoms with Crippen LogP contribution in [0, 0.1) is 13.8 Å². The highest BCUT2D eigenvalue weighted by Crippen LogP contribution is 2.54. The lowest BCUT2D eigenvalue weighted by atomic mass is 9.74. The number of aryl methyl sites for hydroxylation is 2. The zero-order valence-corrected chi connectivity index (χ0v) is 12.2. The van der Waals surface area contributed by atoms with Crippen molar-refractivity contribution >= 4 is 5.78 Å². The SMILES string of the molecule is CC1=C[C@]2(C)O[C@@]1([C@@H](C)c1oc(C)cc1C)CC2=O. The molecule has 2 aliphatic heterocycles. The molecule has 3 nitrogen and oxygen atoms in total. The Hall–Kier alpha value is -1.35. The van der Waals surface area contributed by atoms with E-state index in [1.807, 2.05) is 32.9 Å². The van der Waals surface area contributed by atoms with Crippen LogP contribution in [0.4, 0.5) is 0 Å².